The minimum absolute atomic E-state index is 0.908. The van der Waals surface area contributed by atoms with Crippen molar-refractivity contribution in [2.24, 2.45) is 7.05 Å². The number of rotatable bonds is 1. The van der Waals surface area contributed by atoms with Gasteiger partial charge in [-0.25, -0.2) is 0 Å². The lowest BCUT2D eigenvalue weighted by molar-refractivity contribution is 0.625. The largest absolute Gasteiger partial charge is 0.373 e. The third-order valence-corrected chi connectivity index (χ3v) is 2.31. The van der Waals surface area contributed by atoms with E-state index in [0.29, 0.717) is 0 Å². The lowest BCUT2D eigenvalue weighted by Crippen LogP contribution is -2.23. The molecule has 1 aliphatic rings. The number of hydrogen-bond acceptors (Lipinski definition) is 3. The maximum absolute atomic E-state index is 4.41. The van der Waals surface area contributed by atoms with E-state index in [9.17, 15) is 0 Å². The van der Waals surface area contributed by atoms with Crippen LogP contribution < -0.4 is 10.6 Å². The SMILES string of the molecule is CNc1c2c(nn1C)CNCC2. The molecule has 4 heteroatoms. The Balaban J connectivity index is 2.46. The summed E-state index contributed by atoms with van der Waals surface area (Å²) in [6, 6.07) is 0. The van der Waals surface area contributed by atoms with Gasteiger partial charge in [-0.1, -0.05) is 0 Å². The first-order valence-electron chi connectivity index (χ1n) is 4.26. The van der Waals surface area contributed by atoms with E-state index in [-0.39, 0.29) is 0 Å². The molecule has 4 nitrogen and oxygen atoms in total. The van der Waals surface area contributed by atoms with E-state index >= 15 is 0 Å². The molecule has 0 atom stereocenters. The Morgan fingerprint density at radius 2 is 2.42 bits per heavy atom. The molecule has 0 amide bonds. The molecular formula is C8H14N4. The topological polar surface area (TPSA) is 41.9 Å². The second-order valence-electron chi connectivity index (χ2n) is 3.07. The fraction of sp³-hybridized carbons (Fsp3) is 0.625. The quantitative estimate of drug-likeness (QED) is 0.622. The minimum Gasteiger partial charge on any atom is -0.373 e. The molecule has 66 valence electrons. The monoisotopic (exact) mass is 166 g/mol. The van der Waals surface area contributed by atoms with Crippen LogP contribution in [0.2, 0.25) is 0 Å². The van der Waals surface area contributed by atoms with Gasteiger partial charge in [-0.3, -0.25) is 4.68 Å². The highest BCUT2D eigenvalue weighted by atomic mass is 15.3. The van der Waals surface area contributed by atoms with Crippen molar-refractivity contribution in [3.8, 4) is 0 Å². The van der Waals surface area contributed by atoms with Crippen molar-refractivity contribution in [1.29, 1.82) is 0 Å². The molecule has 1 aliphatic heterocycles. The summed E-state index contributed by atoms with van der Waals surface area (Å²) in [5, 5.41) is 10.9. The van der Waals surface area contributed by atoms with Crippen LogP contribution in [0.25, 0.3) is 0 Å². The molecular weight excluding hydrogens is 152 g/mol. The van der Waals surface area contributed by atoms with Gasteiger partial charge in [0, 0.05) is 26.2 Å². The second-order valence-corrected chi connectivity index (χ2v) is 3.07. The van der Waals surface area contributed by atoms with E-state index in [2.05, 4.69) is 15.7 Å². The molecule has 0 saturated carbocycles. The molecule has 0 saturated heterocycles. The zero-order valence-electron chi connectivity index (χ0n) is 7.52. The predicted molar refractivity (Wildman–Crippen MR) is 48.2 cm³/mol. The molecule has 0 fully saturated rings. The average molecular weight is 166 g/mol. The van der Waals surface area contributed by atoms with Gasteiger partial charge in [0.2, 0.25) is 0 Å². The summed E-state index contributed by atoms with van der Waals surface area (Å²) < 4.78 is 1.91. The Hall–Kier alpha value is -1.03. The summed E-state index contributed by atoms with van der Waals surface area (Å²) in [7, 11) is 3.92. The van der Waals surface area contributed by atoms with Crippen LogP contribution in [0.3, 0.4) is 0 Å². The number of hydrogen-bond donors (Lipinski definition) is 2. The Bertz CT molecular complexity index is 289. The summed E-state index contributed by atoms with van der Waals surface area (Å²) in [4.78, 5) is 0. The van der Waals surface area contributed by atoms with Crippen LogP contribution in [0.1, 0.15) is 11.3 Å². The third kappa shape index (κ3) is 0.992. The Labute approximate surface area is 72.0 Å². The van der Waals surface area contributed by atoms with Crippen molar-refractivity contribution in [3.05, 3.63) is 11.3 Å². The Kier molecular flexibility index (Phi) is 1.77. The number of nitrogens with zero attached hydrogens (tertiary/aromatic N) is 2. The van der Waals surface area contributed by atoms with Crippen LogP contribution in [-0.2, 0) is 20.0 Å². The fourth-order valence-electron chi connectivity index (χ4n) is 1.76. The normalized spacial score (nSPS) is 15.8. The van der Waals surface area contributed by atoms with E-state index in [1.807, 2.05) is 18.8 Å². The standard InChI is InChI=1S/C8H14N4/c1-9-8-6-3-4-10-5-7(6)11-12(8)2/h9-10H,3-5H2,1-2H3. The first kappa shape index (κ1) is 7.61. The summed E-state index contributed by atoms with van der Waals surface area (Å²) in [5.41, 5.74) is 2.56. The van der Waals surface area contributed by atoms with Gasteiger partial charge in [-0.05, 0) is 13.0 Å². The van der Waals surface area contributed by atoms with Crippen LogP contribution >= 0.6 is 0 Å². The predicted octanol–water partition coefficient (Wildman–Crippen LogP) is 0.107. The molecule has 0 unspecified atom stereocenters. The van der Waals surface area contributed by atoms with Gasteiger partial charge >= 0.3 is 0 Å². The van der Waals surface area contributed by atoms with Gasteiger partial charge in [0.05, 0.1) is 5.69 Å². The second kappa shape index (κ2) is 2.79. The molecule has 2 rings (SSSR count). The Morgan fingerprint density at radius 1 is 1.58 bits per heavy atom. The van der Waals surface area contributed by atoms with E-state index in [4.69, 9.17) is 0 Å². The highest BCUT2D eigenvalue weighted by molar-refractivity contribution is 5.48. The van der Waals surface area contributed by atoms with Crippen molar-refractivity contribution in [2.45, 2.75) is 13.0 Å². The summed E-state index contributed by atoms with van der Waals surface area (Å²) in [6.07, 6.45) is 1.08. The molecule has 0 aromatic carbocycles. The van der Waals surface area contributed by atoms with E-state index in [1.165, 1.54) is 11.3 Å². The van der Waals surface area contributed by atoms with Crippen LogP contribution in [-0.4, -0.2) is 23.4 Å². The number of fused-ring (bicyclic) bond motifs is 1. The van der Waals surface area contributed by atoms with Crippen molar-refractivity contribution in [2.75, 3.05) is 18.9 Å². The summed E-state index contributed by atoms with van der Waals surface area (Å²) >= 11 is 0. The minimum atomic E-state index is 0.908. The molecule has 2 heterocycles. The zero-order chi connectivity index (χ0) is 8.55. The molecule has 0 aliphatic carbocycles. The van der Waals surface area contributed by atoms with Crippen LogP contribution in [0.5, 0.6) is 0 Å². The number of aromatic nitrogens is 2. The van der Waals surface area contributed by atoms with Crippen molar-refractivity contribution >= 4 is 5.82 Å². The summed E-state index contributed by atoms with van der Waals surface area (Å²) in [5.74, 6) is 1.16. The molecule has 0 radical (unpaired) electrons. The number of anilines is 1. The molecule has 0 spiro atoms. The van der Waals surface area contributed by atoms with Crippen LogP contribution in [0.4, 0.5) is 5.82 Å². The average Bonchev–Trinajstić information content (AvgIpc) is 2.40. The molecule has 1 aromatic rings. The molecule has 1 aromatic heterocycles. The van der Waals surface area contributed by atoms with Crippen LogP contribution in [0, 0.1) is 0 Å². The first-order chi connectivity index (χ1) is 5.83. The maximum Gasteiger partial charge on any atom is 0.127 e. The van der Waals surface area contributed by atoms with Gasteiger partial charge in [0.25, 0.3) is 0 Å². The van der Waals surface area contributed by atoms with Gasteiger partial charge < -0.3 is 10.6 Å². The number of nitrogens with one attached hydrogen (secondary N) is 2. The highest BCUT2D eigenvalue weighted by Gasteiger charge is 2.17. The van der Waals surface area contributed by atoms with Gasteiger partial charge in [-0.15, -0.1) is 0 Å². The number of aryl methyl sites for hydroxylation is 1. The Morgan fingerprint density at radius 3 is 3.17 bits per heavy atom. The van der Waals surface area contributed by atoms with Gasteiger partial charge in [0.15, 0.2) is 0 Å². The van der Waals surface area contributed by atoms with E-state index in [0.717, 1.165) is 25.3 Å². The third-order valence-electron chi connectivity index (χ3n) is 2.31. The lowest BCUT2D eigenvalue weighted by Gasteiger charge is -2.12. The maximum atomic E-state index is 4.41. The van der Waals surface area contributed by atoms with Crippen LogP contribution in [0.15, 0.2) is 0 Å². The lowest BCUT2D eigenvalue weighted by atomic mass is 10.1. The smallest absolute Gasteiger partial charge is 0.127 e. The highest BCUT2D eigenvalue weighted by Crippen LogP contribution is 2.21. The van der Waals surface area contributed by atoms with Gasteiger partial charge in [-0.2, -0.15) is 5.10 Å². The first-order valence-corrected chi connectivity index (χ1v) is 4.26. The molecule has 12 heavy (non-hydrogen) atoms. The molecule has 0 bridgehead atoms. The van der Waals surface area contributed by atoms with Crippen molar-refractivity contribution in [1.82, 2.24) is 15.1 Å². The van der Waals surface area contributed by atoms with Crippen molar-refractivity contribution < 1.29 is 0 Å². The van der Waals surface area contributed by atoms with E-state index < -0.39 is 0 Å². The zero-order valence-corrected chi connectivity index (χ0v) is 7.52. The fourth-order valence-corrected chi connectivity index (χ4v) is 1.76. The summed E-state index contributed by atoms with van der Waals surface area (Å²) in [6.45, 7) is 1.97. The van der Waals surface area contributed by atoms with E-state index in [1.54, 1.807) is 0 Å². The van der Waals surface area contributed by atoms with Gasteiger partial charge in [0.1, 0.15) is 5.82 Å². The van der Waals surface area contributed by atoms with Crippen molar-refractivity contribution in [3.63, 3.8) is 0 Å². The molecule has 2 N–H and O–H groups in total.